The van der Waals surface area contributed by atoms with Crippen LogP contribution < -0.4 is 0 Å². The summed E-state index contributed by atoms with van der Waals surface area (Å²) in [4.78, 5) is 0. The summed E-state index contributed by atoms with van der Waals surface area (Å²) in [6.07, 6.45) is -3.36. The average Bonchev–Trinajstić information content (AvgIpc) is 2.33. The van der Waals surface area contributed by atoms with Crippen molar-refractivity contribution in [3.05, 3.63) is 16.9 Å². The molecule has 0 unspecified atom stereocenters. The smallest absolute Gasteiger partial charge is 0.274 e. The third-order valence-electron chi connectivity index (χ3n) is 1.05. The first kappa shape index (κ1) is 12.3. The Hall–Kier alpha value is -0.710. The van der Waals surface area contributed by atoms with Gasteiger partial charge in [-0.15, -0.1) is 0 Å². The molecule has 0 aliphatic carbocycles. The van der Waals surface area contributed by atoms with E-state index in [1.165, 1.54) is 7.05 Å². The molecule has 6 heteroatoms. The molecule has 76 valence electrons. The van der Waals surface area contributed by atoms with Gasteiger partial charge in [0.1, 0.15) is 0 Å². The van der Waals surface area contributed by atoms with Gasteiger partial charge < -0.3 is 0 Å². The van der Waals surface area contributed by atoms with Crippen LogP contribution in [0.15, 0.2) is 6.20 Å². The van der Waals surface area contributed by atoms with Gasteiger partial charge >= 0.3 is 6.18 Å². The van der Waals surface area contributed by atoms with Crippen LogP contribution in [0.5, 0.6) is 0 Å². The summed E-state index contributed by atoms with van der Waals surface area (Å²) in [7, 11) is 1.38. The van der Waals surface area contributed by atoms with Gasteiger partial charge in [0.2, 0.25) is 0 Å². The molecule has 0 fully saturated rings. The van der Waals surface area contributed by atoms with Crippen molar-refractivity contribution in [1.82, 2.24) is 9.78 Å². The molecule has 0 aromatic carbocycles. The van der Waals surface area contributed by atoms with Crippen molar-refractivity contribution in [2.75, 3.05) is 0 Å². The number of aryl methyl sites for hydroxylation is 1. The number of nitrogens with zero attached hydrogens (tertiary/aromatic N) is 2. The van der Waals surface area contributed by atoms with Crippen molar-refractivity contribution in [3.8, 4) is 0 Å². The van der Waals surface area contributed by atoms with E-state index in [1.54, 1.807) is 0 Å². The number of alkyl halides is 3. The Kier molecular flexibility index (Phi) is 4.26. The van der Waals surface area contributed by atoms with E-state index in [0.29, 0.717) is 0 Å². The zero-order valence-corrected chi connectivity index (χ0v) is 8.24. The lowest BCUT2D eigenvalue weighted by atomic mass is 10.4. The van der Waals surface area contributed by atoms with Gasteiger partial charge in [-0.2, -0.15) is 18.3 Å². The van der Waals surface area contributed by atoms with Crippen molar-refractivity contribution in [1.29, 1.82) is 0 Å². The van der Waals surface area contributed by atoms with E-state index in [9.17, 15) is 13.2 Å². The molecule has 1 aromatic heterocycles. The lowest BCUT2D eigenvalue weighted by Gasteiger charge is -2.00. The zero-order chi connectivity index (χ0) is 10.6. The van der Waals surface area contributed by atoms with Gasteiger partial charge in [0.15, 0.2) is 5.69 Å². The minimum atomic E-state index is -4.46. The Bertz CT molecular complexity index is 267. The van der Waals surface area contributed by atoms with Gasteiger partial charge in [-0.3, -0.25) is 4.68 Å². The van der Waals surface area contributed by atoms with Crippen LogP contribution in [0, 0.1) is 0 Å². The van der Waals surface area contributed by atoms with Crippen LogP contribution >= 0.6 is 11.6 Å². The minimum Gasteiger partial charge on any atom is -0.274 e. The summed E-state index contributed by atoms with van der Waals surface area (Å²) in [6.45, 7) is 4.00. The summed E-state index contributed by atoms with van der Waals surface area (Å²) < 4.78 is 36.7. The van der Waals surface area contributed by atoms with Gasteiger partial charge in [0.25, 0.3) is 0 Å². The molecule has 13 heavy (non-hydrogen) atoms. The van der Waals surface area contributed by atoms with Crippen molar-refractivity contribution in [2.24, 2.45) is 7.05 Å². The van der Waals surface area contributed by atoms with Crippen LogP contribution in [-0.2, 0) is 13.2 Å². The molecule has 0 aliphatic heterocycles. The molecule has 0 spiro atoms. The number of hydrogen-bond acceptors (Lipinski definition) is 1. The lowest BCUT2D eigenvalue weighted by Crippen LogP contribution is -2.07. The Balaban J connectivity index is 0.000000671. The van der Waals surface area contributed by atoms with Crippen LogP contribution in [0.4, 0.5) is 13.2 Å². The normalized spacial score (nSPS) is 10.7. The van der Waals surface area contributed by atoms with Gasteiger partial charge in [-0.05, 0) is 0 Å². The third kappa shape index (κ3) is 3.26. The molecular weight excluding hydrogens is 205 g/mol. The van der Waals surface area contributed by atoms with Gasteiger partial charge in [-0.1, -0.05) is 25.4 Å². The molecule has 0 saturated carbocycles. The Morgan fingerprint density at radius 2 is 1.85 bits per heavy atom. The highest BCUT2D eigenvalue weighted by Gasteiger charge is 2.36. The molecule has 0 aliphatic rings. The van der Waals surface area contributed by atoms with Crippen LogP contribution in [0.3, 0.4) is 0 Å². The Morgan fingerprint density at radius 3 is 2.00 bits per heavy atom. The summed E-state index contributed by atoms with van der Waals surface area (Å²) in [5.74, 6) is 0. The highest BCUT2D eigenvalue weighted by atomic mass is 35.5. The van der Waals surface area contributed by atoms with Crippen LogP contribution in [-0.4, -0.2) is 9.78 Å². The van der Waals surface area contributed by atoms with E-state index in [2.05, 4.69) is 5.10 Å². The lowest BCUT2D eigenvalue weighted by molar-refractivity contribution is -0.141. The molecule has 0 amide bonds. The fourth-order valence-corrected chi connectivity index (χ4v) is 0.938. The van der Waals surface area contributed by atoms with E-state index in [4.69, 9.17) is 11.6 Å². The van der Waals surface area contributed by atoms with Gasteiger partial charge in [-0.25, -0.2) is 0 Å². The maximum atomic E-state index is 11.9. The molecule has 2 nitrogen and oxygen atoms in total. The fourth-order valence-electron chi connectivity index (χ4n) is 0.652. The number of aromatic nitrogens is 2. The van der Waals surface area contributed by atoms with Crippen molar-refractivity contribution in [3.63, 3.8) is 0 Å². The predicted molar refractivity (Wildman–Crippen MR) is 44.6 cm³/mol. The molecule has 1 aromatic rings. The largest absolute Gasteiger partial charge is 0.436 e. The average molecular weight is 215 g/mol. The minimum absolute atomic E-state index is 0.375. The molecule has 0 radical (unpaired) electrons. The molecular formula is C7H10ClF3N2. The zero-order valence-electron chi connectivity index (χ0n) is 7.48. The predicted octanol–water partition coefficient (Wildman–Crippen LogP) is 3.12. The summed E-state index contributed by atoms with van der Waals surface area (Å²) in [5.41, 5.74) is -1.04. The Morgan fingerprint density at radius 1 is 1.38 bits per heavy atom. The van der Waals surface area contributed by atoms with Crippen molar-refractivity contribution >= 4 is 11.6 Å². The van der Waals surface area contributed by atoms with Gasteiger partial charge in [0.05, 0.1) is 5.02 Å². The number of halogens is 4. The Labute approximate surface area is 79.3 Å². The van der Waals surface area contributed by atoms with E-state index in [0.717, 1.165) is 10.9 Å². The maximum Gasteiger partial charge on any atom is 0.436 e. The molecule has 0 saturated heterocycles. The first-order chi connectivity index (χ1) is 5.91. The summed E-state index contributed by atoms with van der Waals surface area (Å²) in [5, 5.41) is 2.77. The van der Waals surface area contributed by atoms with Crippen molar-refractivity contribution in [2.45, 2.75) is 20.0 Å². The van der Waals surface area contributed by atoms with Crippen LogP contribution in [0.1, 0.15) is 19.5 Å². The molecule has 0 atom stereocenters. The highest BCUT2D eigenvalue weighted by Crippen LogP contribution is 2.32. The van der Waals surface area contributed by atoms with Crippen LogP contribution in [0.2, 0.25) is 5.02 Å². The fraction of sp³-hybridized carbons (Fsp3) is 0.571. The van der Waals surface area contributed by atoms with E-state index >= 15 is 0 Å². The first-order valence-electron chi connectivity index (χ1n) is 3.67. The second-order valence-corrected chi connectivity index (χ2v) is 2.40. The summed E-state index contributed by atoms with van der Waals surface area (Å²) in [6, 6.07) is 0. The van der Waals surface area contributed by atoms with E-state index < -0.39 is 11.9 Å². The van der Waals surface area contributed by atoms with Gasteiger partial charge in [0, 0.05) is 13.2 Å². The SMILES string of the molecule is CC.Cn1cc(Cl)c(C(F)(F)F)n1. The highest BCUT2D eigenvalue weighted by molar-refractivity contribution is 6.31. The molecule has 0 N–H and O–H groups in total. The molecule has 1 heterocycles. The van der Waals surface area contributed by atoms with E-state index in [1.807, 2.05) is 13.8 Å². The van der Waals surface area contributed by atoms with E-state index in [-0.39, 0.29) is 5.02 Å². The second kappa shape index (κ2) is 4.50. The van der Waals surface area contributed by atoms with Crippen LogP contribution in [0.25, 0.3) is 0 Å². The monoisotopic (exact) mass is 214 g/mol. The standard InChI is InChI=1S/C5H4ClF3N2.C2H6/c1-11-2-3(6)4(10-11)5(7,8)9;1-2/h2H,1H3;1-2H3. The first-order valence-corrected chi connectivity index (χ1v) is 4.05. The number of hydrogen-bond donors (Lipinski definition) is 0. The topological polar surface area (TPSA) is 17.8 Å². The van der Waals surface area contributed by atoms with Crippen molar-refractivity contribution < 1.29 is 13.2 Å². The number of rotatable bonds is 0. The summed E-state index contributed by atoms with van der Waals surface area (Å²) >= 11 is 5.23. The second-order valence-electron chi connectivity index (χ2n) is 2.00. The quantitative estimate of drug-likeness (QED) is 0.649. The third-order valence-corrected chi connectivity index (χ3v) is 1.33. The maximum absolute atomic E-state index is 11.9. The molecule has 0 bridgehead atoms. The molecule has 1 rings (SSSR count).